The van der Waals surface area contributed by atoms with E-state index in [1.165, 1.54) is 13.2 Å². The van der Waals surface area contributed by atoms with E-state index in [4.69, 9.17) is 4.74 Å². The molecule has 2 nitrogen and oxygen atoms in total. The topological polar surface area (TPSA) is 21.3 Å². The van der Waals surface area contributed by atoms with E-state index in [2.05, 4.69) is 5.32 Å². The molecule has 1 aromatic rings. The van der Waals surface area contributed by atoms with Crippen LogP contribution in [0.5, 0.6) is 5.75 Å². The Bertz CT molecular complexity index is 392. The van der Waals surface area contributed by atoms with E-state index >= 15 is 0 Å². The molecular formula is C12H15F4NO. The Balaban J connectivity index is 3.15. The molecule has 1 atom stereocenters. The molecule has 102 valence electrons. The first kappa shape index (κ1) is 14.8. The van der Waals surface area contributed by atoms with Crippen molar-refractivity contribution >= 4 is 0 Å². The van der Waals surface area contributed by atoms with Crippen LogP contribution in [-0.2, 0) is 0 Å². The zero-order valence-electron chi connectivity index (χ0n) is 10.1. The number of benzene rings is 1. The normalized spacial score (nSPS) is 13.4. The van der Waals surface area contributed by atoms with Gasteiger partial charge in [-0.3, -0.25) is 0 Å². The lowest BCUT2D eigenvalue weighted by Crippen LogP contribution is -2.35. The third-order valence-electron chi connectivity index (χ3n) is 2.43. The molecule has 0 amide bonds. The van der Waals surface area contributed by atoms with E-state index in [1.807, 2.05) is 0 Å². The van der Waals surface area contributed by atoms with E-state index in [0.717, 1.165) is 12.1 Å². The van der Waals surface area contributed by atoms with E-state index in [9.17, 15) is 17.6 Å². The summed E-state index contributed by atoms with van der Waals surface area (Å²) in [7, 11) is 1.25. The van der Waals surface area contributed by atoms with Gasteiger partial charge in [0.15, 0.2) is 0 Å². The molecule has 1 rings (SSSR count). The summed E-state index contributed by atoms with van der Waals surface area (Å²) in [4.78, 5) is 0. The molecule has 0 saturated carbocycles. The first-order chi connectivity index (χ1) is 8.40. The second kappa shape index (κ2) is 6.04. The minimum Gasteiger partial charge on any atom is -0.496 e. The van der Waals surface area contributed by atoms with Gasteiger partial charge < -0.3 is 10.1 Å². The molecular weight excluding hydrogens is 250 g/mol. The van der Waals surface area contributed by atoms with Gasteiger partial charge in [-0.2, -0.15) is 13.2 Å². The predicted molar refractivity (Wildman–Crippen MR) is 60.0 cm³/mol. The predicted octanol–water partition coefficient (Wildman–Crippen LogP) is 3.44. The van der Waals surface area contributed by atoms with Crippen LogP contribution in [0.2, 0.25) is 0 Å². The smallest absolute Gasteiger partial charge is 0.408 e. The van der Waals surface area contributed by atoms with Crippen molar-refractivity contribution in [2.75, 3.05) is 13.7 Å². The van der Waals surface area contributed by atoms with E-state index in [-0.39, 0.29) is 17.9 Å². The molecule has 0 spiro atoms. The van der Waals surface area contributed by atoms with Gasteiger partial charge in [0.2, 0.25) is 0 Å². The van der Waals surface area contributed by atoms with Gasteiger partial charge in [0, 0.05) is 5.56 Å². The number of halogens is 4. The van der Waals surface area contributed by atoms with Crippen LogP contribution in [-0.4, -0.2) is 19.8 Å². The molecule has 1 unspecified atom stereocenters. The lowest BCUT2D eigenvalue weighted by Gasteiger charge is -2.23. The maximum Gasteiger partial charge on any atom is 0.408 e. The molecule has 1 N–H and O–H groups in total. The number of rotatable bonds is 5. The molecule has 0 aromatic heterocycles. The number of nitrogens with one attached hydrogen (secondary N) is 1. The highest BCUT2D eigenvalue weighted by Crippen LogP contribution is 2.37. The van der Waals surface area contributed by atoms with Crippen molar-refractivity contribution in [3.8, 4) is 5.75 Å². The summed E-state index contributed by atoms with van der Waals surface area (Å²) < 4.78 is 56.8. The van der Waals surface area contributed by atoms with Crippen LogP contribution in [0.1, 0.15) is 24.9 Å². The number of alkyl halides is 3. The molecule has 0 aliphatic carbocycles. The third-order valence-corrected chi connectivity index (χ3v) is 2.43. The number of hydrogen-bond donors (Lipinski definition) is 1. The van der Waals surface area contributed by atoms with Crippen LogP contribution in [0.15, 0.2) is 18.2 Å². The van der Waals surface area contributed by atoms with Crippen LogP contribution in [0, 0.1) is 5.82 Å². The Hall–Kier alpha value is -1.30. The summed E-state index contributed by atoms with van der Waals surface area (Å²) in [6.07, 6.45) is -3.96. The highest BCUT2D eigenvalue weighted by Gasteiger charge is 2.42. The van der Waals surface area contributed by atoms with Crippen molar-refractivity contribution in [3.63, 3.8) is 0 Å². The van der Waals surface area contributed by atoms with Crippen molar-refractivity contribution in [2.45, 2.75) is 25.6 Å². The van der Waals surface area contributed by atoms with Gasteiger partial charge in [-0.1, -0.05) is 6.92 Å². The quantitative estimate of drug-likeness (QED) is 0.823. The number of methoxy groups -OCH3 is 1. The fourth-order valence-electron chi connectivity index (χ4n) is 1.62. The van der Waals surface area contributed by atoms with Crippen LogP contribution >= 0.6 is 0 Å². The maximum absolute atomic E-state index is 13.1. The van der Waals surface area contributed by atoms with E-state index in [0.29, 0.717) is 6.42 Å². The third kappa shape index (κ3) is 3.60. The van der Waals surface area contributed by atoms with Crippen molar-refractivity contribution in [2.24, 2.45) is 0 Å². The summed E-state index contributed by atoms with van der Waals surface area (Å²) in [6.45, 7) is 1.94. The average Bonchev–Trinajstić information content (AvgIpc) is 2.28. The lowest BCUT2D eigenvalue weighted by molar-refractivity contribution is -0.158. The first-order valence-corrected chi connectivity index (χ1v) is 5.53. The Kier molecular flexibility index (Phi) is 4.95. The van der Waals surface area contributed by atoms with Gasteiger partial charge in [-0.15, -0.1) is 0 Å². The van der Waals surface area contributed by atoms with Crippen LogP contribution in [0.4, 0.5) is 17.6 Å². The first-order valence-electron chi connectivity index (χ1n) is 5.53. The van der Waals surface area contributed by atoms with Crippen LogP contribution in [0.25, 0.3) is 0 Å². The van der Waals surface area contributed by atoms with Gasteiger partial charge in [0.25, 0.3) is 0 Å². The van der Waals surface area contributed by atoms with Gasteiger partial charge in [-0.25, -0.2) is 4.39 Å². The Labute approximate surface area is 103 Å². The molecule has 1 aromatic carbocycles. The molecule has 0 heterocycles. The highest BCUT2D eigenvalue weighted by molar-refractivity contribution is 5.37. The van der Waals surface area contributed by atoms with Crippen LogP contribution in [0.3, 0.4) is 0 Å². The molecule has 0 saturated heterocycles. The second-order valence-electron chi connectivity index (χ2n) is 3.82. The zero-order valence-corrected chi connectivity index (χ0v) is 10.1. The van der Waals surface area contributed by atoms with Crippen molar-refractivity contribution in [1.29, 1.82) is 0 Å². The monoisotopic (exact) mass is 265 g/mol. The Morgan fingerprint density at radius 3 is 2.50 bits per heavy atom. The standard InChI is InChI=1S/C12H15F4NO/c1-3-6-17-11(12(14,15)16)9-7-8(13)4-5-10(9)18-2/h4-5,7,11,17H,3,6H2,1-2H3. The number of hydrogen-bond acceptors (Lipinski definition) is 2. The molecule has 0 bridgehead atoms. The summed E-state index contributed by atoms with van der Waals surface area (Å²) in [6, 6.07) is 1.18. The molecule has 6 heteroatoms. The SMILES string of the molecule is CCCNC(c1cc(F)ccc1OC)C(F)(F)F. The van der Waals surface area contributed by atoms with E-state index < -0.39 is 18.0 Å². The van der Waals surface area contributed by atoms with Gasteiger partial charge in [-0.05, 0) is 31.2 Å². The maximum atomic E-state index is 13.1. The average molecular weight is 265 g/mol. The summed E-state index contributed by atoms with van der Waals surface area (Å²) in [5.74, 6) is -0.708. The summed E-state index contributed by atoms with van der Waals surface area (Å²) in [5, 5.41) is 2.36. The fraction of sp³-hybridized carbons (Fsp3) is 0.500. The Morgan fingerprint density at radius 2 is 2.00 bits per heavy atom. The van der Waals surface area contributed by atoms with Gasteiger partial charge in [0.1, 0.15) is 17.6 Å². The molecule has 0 fully saturated rings. The highest BCUT2D eigenvalue weighted by atomic mass is 19.4. The minimum atomic E-state index is -4.50. The van der Waals surface area contributed by atoms with Crippen molar-refractivity contribution < 1.29 is 22.3 Å². The largest absolute Gasteiger partial charge is 0.496 e. The minimum absolute atomic E-state index is 0.0160. The number of ether oxygens (including phenoxy) is 1. The summed E-state index contributed by atoms with van der Waals surface area (Å²) >= 11 is 0. The zero-order chi connectivity index (χ0) is 13.8. The molecule has 18 heavy (non-hydrogen) atoms. The van der Waals surface area contributed by atoms with Crippen molar-refractivity contribution in [1.82, 2.24) is 5.32 Å². The molecule has 0 aliphatic rings. The molecule has 0 aliphatic heterocycles. The van der Waals surface area contributed by atoms with Crippen LogP contribution < -0.4 is 10.1 Å². The van der Waals surface area contributed by atoms with E-state index in [1.54, 1.807) is 6.92 Å². The second-order valence-corrected chi connectivity index (χ2v) is 3.82. The van der Waals surface area contributed by atoms with Gasteiger partial charge in [0.05, 0.1) is 7.11 Å². The molecule has 0 radical (unpaired) electrons. The lowest BCUT2D eigenvalue weighted by atomic mass is 10.0. The summed E-state index contributed by atoms with van der Waals surface area (Å²) in [5.41, 5.74) is -0.238. The Morgan fingerprint density at radius 1 is 1.33 bits per heavy atom. The fourth-order valence-corrected chi connectivity index (χ4v) is 1.62. The van der Waals surface area contributed by atoms with Crippen molar-refractivity contribution in [3.05, 3.63) is 29.6 Å². The van der Waals surface area contributed by atoms with Gasteiger partial charge >= 0.3 is 6.18 Å².